The number of nitrogens with zero attached hydrogens (tertiary/aromatic N) is 4. The number of aliphatic hydroxyl groups is 1. The molecule has 2 aromatic heterocycles. The number of rotatable bonds is 5. The molecular formula is C11H16N4OS. The Bertz CT molecular complexity index is 477. The van der Waals surface area contributed by atoms with E-state index in [4.69, 9.17) is 0 Å². The lowest BCUT2D eigenvalue weighted by Gasteiger charge is -1.96. The minimum atomic E-state index is -0.574. The Labute approximate surface area is 104 Å². The molecule has 0 radical (unpaired) electrons. The van der Waals surface area contributed by atoms with Crippen LogP contribution in [0.25, 0.3) is 0 Å². The summed E-state index contributed by atoms with van der Waals surface area (Å²) < 4.78 is 1.70. The molecule has 17 heavy (non-hydrogen) atoms. The molecule has 0 saturated heterocycles. The van der Waals surface area contributed by atoms with E-state index in [2.05, 4.69) is 27.6 Å². The summed E-state index contributed by atoms with van der Waals surface area (Å²) in [7, 11) is 0. The smallest absolute Gasteiger partial charge is 0.111 e. The number of aromatic nitrogens is 4. The lowest BCUT2D eigenvalue weighted by Crippen LogP contribution is -2.01. The van der Waals surface area contributed by atoms with Crippen LogP contribution in [0.3, 0.4) is 0 Å². The Kier molecular flexibility index (Phi) is 3.86. The Morgan fingerprint density at radius 2 is 2.35 bits per heavy atom. The predicted octanol–water partition coefficient (Wildman–Crippen LogP) is 1.79. The highest BCUT2D eigenvalue weighted by Crippen LogP contribution is 2.13. The first kappa shape index (κ1) is 12.2. The highest BCUT2D eigenvalue weighted by molar-refractivity contribution is 7.09. The van der Waals surface area contributed by atoms with Gasteiger partial charge in [-0.3, -0.25) is 0 Å². The second kappa shape index (κ2) is 5.37. The Morgan fingerprint density at radius 1 is 1.53 bits per heavy atom. The summed E-state index contributed by atoms with van der Waals surface area (Å²) in [6.45, 7) is 4.43. The minimum absolute atomic E-state index is 0.574. The third-order valence-electron chi connectivity index (χ3n) is 2.37. The fourth-order valence-corrected chi connectivity index (χ4v) is 2.39. The van der Waals surface area contributed by atoms with Gasteiger partial charge >= 0.3 is 0 Å². The molecule has 0 bridgehead atoms. The van der Waals surface area contributed by atoms with Gasteiger partial charge in [0, 0.05) is 5.38 Å². The summed E-state index contributed by atoms with van der Waals surface area (Å²) in [5, 5.41) is 20.4. The molecular weight excluding hydrogens is 236 g/mol. The zero-order valence-electron chi connectivity index (χ0n) is 10.00. The normalized spacial score (nSPS) is 12.9. The van der Waals surface area contributed by atoms with Gasteiger partial charge in [0.05, 0.1) is 29.5 Å². The van der Waals surface area contributed by atoms with Crippen LogP contribution in [0.5, 0.6) is 0 Å². The van der Waals surface area contributed by atoms with Crippen LogP contribution in [-0.4, -0.2) is 25.1 Å². The molecule has 0 aliphatic rings. The molecule has 0 aromatic carbocycles. The number of hydrogen-bond donors (Lipinski definition) is 1. The van der Waals surface area contributed by atoms with Crippen LogP contribution in [0.4, 0.5) is 0 Å². The van der Waals surface area contributed by atoms with E-state index in [-0.39, 0.29) is 0 Å². The van der Waals surface area contributed by atoms with E-state index in [0.29, 0.717) is 12.2 Å². The summed E-state index contributed by atoms with van der Waals surface area (Å²) in [6.07, 6.45) is 3.32. The Balaban J connectivity index is 2.03. The molecule has 0 saturated carbocycles. The van der Waals surface area contributed by atoms with Gasteiger partial charge < -0.3 is 5.11 Å². The van der Waals surface area contributed by atoms with Crippen LogP contribution in [-0.2, 0) is 13.0 Å². The van der Waals surface area contributed by atoms with E-state index in [1.165, 1.54) is 5.01 Å². The van der Waals surface area contributed by atoms with Crippen molar-refractivity contribution in [3.63, 3.8) is 0 Å². The first-order valence-electron chi connectivity index (χ1n) is 5.70. The average Bonchev–Trinajstić information content (AvgIpc) is 2.89. The third-order valence-corrected chi connectivity index (χ3v) is 3.33. The van der Waals surface area contributed by atoms with Crippen LogP contribution in [0.2, 0.25) is 0 Å². The Morgan fingerprint density at radius 3 is 3.00 bits per heavy atom. The average molecular weight is 252 g/mol. The molecule has 1 unspecified atom stereocenters. The largest absolute Gasteiger partial charge is 0.387 e. The van der Waals surface area contributed by atoms with Gasteiger partial charge in [-0.2, -0.15) is 0 Å². The van der Waals surface area contributed by atoms with Crippen molar-refractivity contribution in [2.45, 2.75) is 39.3 Å². The zero-order valence-corrected chi connectivity index (χ0v) is 10.8. The van der Waals surface area contributed by atoms with Gasteiger partial charge in [-0.15, -0.1) is 16.4 Å². The summed E-state index contributed by atoms with van der Waals surface area (Å²) in [5.74, 6) is 0. The molecule has 92 valence electrons. The van der Waals surface area contributed by atoms with Gasteiger partial charge in [-0.25, -0.2) is 9.67 Å². The molecule has 1 N–H and O–H groups in total. The van der Waals surface area contributed by atoms with Crippen molar-refractivity contribution >= 4 is 11.3 Å². The molecule has 0 fully saturated rings. The number of aliphatic hydroxyl groups excluding tert-OH is 1. The summed E-state index contributed by atoms with van der Waals surface area (Å²) >= 11 is 1.68. The Hall–Kier alpha value is -1.27. The first-order valence-corrected chi connectivity index (χ1v) is 6.58. The van der Waals surface area contributed by atoms with E-state index in [9.17, 15) is 5.11 Å². The van der Waals surface area contributed by atoms with E-state index < -0.39 is 6.10 Å². The second-order valence-electron chi connectivity index (χ2n) is 4.00. The summed E-state index contributed by atoms with van der Waals surface area (Å²) in [5.41, 5.74) is 1.59. The highest BCUT2D eigenvalue weighted by atomic mass is 32.1. The lowest BCUT2D eigenvalue weighted by atomic mass is 10.3. The van der Waals surface area contributed by atoms with E-state index in [0.717, 1.165) is 18.5 Å². The van der Waals surface area contributed by atoms with Crippen LogP contribution in [0.15, 0.2) is 11.6 Å². The molecule has 5 nitrogen and oxygen atoms in total. The summed E-state index contributed by atoms with van der Waals surface area (Å²) in [6, 6.07) is 0. The fourth-order valence-electron chi connectivity index (χ4n) is 1.50. The second-order valence-corrected chi connectivity index (χ2v) is 4.94. The standard InChI is InChI=1S/C11H16N4OS/c1-3-4-11-12-9(7-17-11)5-15-6-10(8(2)16)13-14-15/h6-8,16H,3-5H2,1-2H3. The fraction of sp³-hybridized carbons (Fsp3) is 0.545. The topological polar surface area (TPSA) is 63.8 Å². The van der Waals surface area contributed by atoms with Crippen molar-refractivity contribution in [2.24, 2.45) is 0 Å². The molecule has 0 aliphatic carbocycles. The van der Waals surface area contributed by atoms with Crippen molar-refractivity contribution in [2.75, 3.05) is 0 Å². The van der Waals surface area contributed by atoms with Gasteiger partial charge in [0.1, 0.15) is 5.69 Å². The SMILES string of the molecule is CCCc1nc(Cn2cc(C(C)O)nn2)cs1. The number of aryl methyl sites for hydroxylation is 1. The summed E-state index contributed by atoms with van der Waals surface area (Å²) in [4.78, 5) is 4.52. The van der Waals surface area contributed by atoms with Crippen molar-refractivity contribution in [1.82, 2.24) is 20.0 Å². The van der Waals surface area contributed by atoms with Gasteiger partial charge in [0.2, 0.25) is 0 Å². The van der Waals surface area contributed by atoms with Crippen LogP contribution in [0, 0.1) is 0 Å². The maximum absolute atomic E-state index is 9.35. The molecule has 1 atom stereocenters. The van der Waals surface area contributed by atoms with Crippen molar-refractivity contribution in [1.29, 1.82) is 0 Å². The predicted molar refractivity (Wildman–Crippen MR) is 65.9 cm³/mol. The molecule has 0 aliphatic heterocycles. The number of hydrogen-bond acceptors (Lipinski definition) is 5. The lowest BCUT2D eigenvalue weighted by molar-refractivity contribution is 0.194. The van der Waals surface area contributed by atoms with E-state index in [1.807, 2.05) is 0 Å². The van der Waals surface area contributed by atoms with Crippen LogP contribution in [0.1, 0.15) is 42.8 Å². The first-order chi connectivity index (χ1) is 8.19. The maximum atomic E-state index is 9.35. The quantitative estimate of drug-likeness (QED) is 0.881. The maximum Gasteiger partial charge on any atom is 0.111 e. The van der Waals surface area contributed by atoms with Crippen LogP contribution >= 0.6 is 11.3 Å². The highest BCUT2D eigenvalue weighted by Gasteiger charge is 2.08. The molecule has 2 aromatic rings. The van der Waals surface area contributed by atoms with Gasteiger partial charge in [-0.1, -0.05) is 12.1 Å². The monoisotopic (exact) mass is 252 g/mol. The van der Waals surface area contributed by atoms with E-state index >= 15 is 0 Å². The van der Waals surface area contributed by atoms with Crippen molar-refractivity contribution in [3.8, 4) is 0 Å². The third kappa shape index (κ3) is 3.10. The van der Waals surface area contributed by atoms with Crippen LogP contribution < -0.4 is 0 Å². The molecule has 2 heterocycles. The zero-order chi connectivity index (χ0) is 12.3. The molecule has 0 spiro atoms. The van der Waals surface area contributed by atoms with Gasteiger partial charge in [0.25, 0.3) is 0 Å². The van der Waals surface area contributed by atoms with E-state index in [1.54, 1.807) is 29.1 Å². The van der Waals surface area contributed by atoms with Gasteiger partial charge in [-0.05, 0) is 19.8 Å². The molecule has 6 heteroatoms. The molecule has 0 amide bonds. The van der Waals surface area contributed by atoms with Crippen molar-refractivity contribution in [3.05, 3.63) is 28.0 Å². The van der Waals surface area contributed by atoms with Gasteiger partial charge in [0.15, 0.2) is 0 Å². The molecule has 2 rings (SSSR count). The van der Waals surface area contributed by atoms with Crippen molar-refractivity contribution < 1.29 is 5.11 Å². The number of thiazole rings is 1. The minimum Gasteiger partial charge on any atom is -0.387 e.